The van der Waals surface area contributed by atoms with Gasteiger partial charge >= 0.3 is 0 Å². The molecule has 0 bridgehead atoms. The van der Waals surface area contributed by atoms with Crippen molar-refractivity contribution in [3.8, 4) is 0 Å². The molecule has 1 unspecified atom stereocenters. The fourth-order valence-electron chi connectivity index (χ4n) is 2.63. The molecule has 1 fully saturated rings. The summed E-state index contributed by atoms with van der Waals surface area (Å²) in [6, 6.07) is 4.98. The minimum absolute atomic E-state index is 0.432. The lowest BCUT2D eigenvalue weighted by atomic mass is 9.77. The minimum atomic E-state index is 0.432. The van der Waals surface area contributed by atoms with E-state index in [0.717, 1.165) is 13.1 Å². The molecule has 2 heterocycles. The molecule has 96 valence electrons. The summed E-state index contributed by atoms with van der Waals surface area (Å²) in [6.45, 7) is 8.18. The summed E-state index contributed by atoms with van der Waals surface area (Å²) in [5.74, 6) is 0. The van der Waals surface area contributed by atoms with E-state index < -0.39 is 0 Å². The van der Waals surface area contributed by atoms with E-state index in [1.54, 1.807) is 0 Å². The highest BCUT2D eigenvalue weighted by atomic mass is 32.1. The second-order valence-electron chi connectivity index (χ2n) is 5.87. The predicted molar refractivity (Wildman–Crippen MR) is 75.5 cm³/mol. The molecule has 17 heavy (non-hydrogen) atoms. The maximum atomic E-state index is 3.68. The summed E-state index contributed by atoms with van der Waals surface area (Å²) < 4.78 is 0. The first-order valence-electron chi connectivity index (χ1n) is 6.52. The van der Waals surface area contributed by atoms with Crippen LogP contribution in [0, 0.1) is 5.41 Å². The van der Waals surface area contributed by atoms with E-state index in [4.69, 9.17) is 0 Å². The lowest BCUT2D eigenvalue weighted by molar-refractivity contribution is 0.136. The molecule has 1 aromatic heterocycles. The molecule has 0 amide bonds. The van der Waals surface area contributed by atoms with Gasteiger partial charge in [0.2, 0.25) is 0 Å². The second-order valence-corrected chi connectivity index (χ2v) is 6.91. The predicted octanol–water partition coefficient (Wildman–Crippen LogP) is 2.96. The van der Waals surface area contributed by atoms with Crippen LogP contribution in [-0.4, -0.2) is 31.1 Å². The van der Waals surface area contributed by atoms with Gasteiger partial charge in [0.05, 0.1) is 0 Å². The van der Waals surface area contributed by atoms with Gasteiger partial charge in [-0.05, 0) is 43.3 Å². The fourth-order valence-corrected chi connectivity index (χ4v) is 3.41. The van der Waals surface area contributed by atoms with Crippen LogP contribution >= 0.6 is 11.3 Å². The van der Waals surface area contributed by atoms with Crippen molar-refractivity contribution in [1.29, 1.82) is 0 Å². The number of hydrogen-bond acceptors (Lipinski definition) is 3. The Hall–Kier alpha value is -0.380. The van der Waals surface area contributed by atoms with Crippen LogP contribution in [-0.2, 0) is 6.54 Å². The van der Waals surface area contributed by atoms with E-state index in [1.807, 2.05) is 11.3 Å². The Morgan fingerprint density at radius 3 is 3.00 bits per heavy atom. The average Bonchev–Trinajstić information content (AvgIpc) is 2.73. The highest BCUT2D eigenvalue weighted by molar-refractivity contribution is 7.09. The standard InChI is InChI=1S/C14H24N2S/c1-14(2)7-5-8-15-13(14)11-16(3)10-12-6-4-9-17-12/h4,6,9,13,15H,5,7-8,10-11H2,1-3H3. The zero-order chi connectivity index (χ0) is 12.3. The van der Waals surface area contributed by atoms with Crippen molar-refractivity contribution in [2.24, 2.45) is 5.41 Å². The molecule has 1 saturated heterocycles. The molecular formula is C14H24N2S. The molecule has 2 rings (SSSR count). The minimum Gasteiger partial charge on any atom is -0.312 e. The molecule has 1 aliphatic heterocycles. The normalized spacial score (nSPS) is 24.1. The van der Waals surface area contributed by atoms with Crippen molar-refractivity contribution in [2.45, 2.75) is 39.3 Å². The monoisotopic (exact) mass is 252 g/mol. The van der Waals surface area contributed by atoms with E-state index in [-0.39, 0.29) is 0 Å². The lowest BCUT2D eigenvalue weighted by Crippen LogP contribution is -2.52. The van der Waals surface area contributed by atoms with Crippen molar-refractivity contribution in [3.05, 3.63) is 22.4 Å². The quantitative estimate of drug-likeness (QED) is 0.886. The Kier molecular flexibility index (Phi) is 4.23. The third kappa shape index (κ3) is 3.54. The third-order valence-electron chi connectivity index (χ3n) is 3.83. The van der Waals surface area contributed by atoms with E-state index in [2.05, 4.69) is 48.6 Å². The van der Waals surface area contributed by atoms with Gasteiger partial charge in [-0.25, -0.2) is 0 Å². The molecule has 1 N–H and O–H groups in total. The summed E-state index contributed by atoms with van der Waals surface area (Å²) in [7, 11) is 2.23. The van der Waals surface area contributed by atoms with Crippen LogP contribution in [0.3, 0.4) is 0 Å². The van der Waals surface area contributed by atoms with E-state index in [1.165, 1.54) is 24.3 Å². The molecule has 2 nitrogen and oxygen atoms in total. The number of thiophene rings is 1. The number of hydrogen-bond donors (Lipinski definition) is 1. The first kappa shape index (κ1) is 13.1. The van der Waals surface area contributed by atoms with Gasteiger partial charge < -0.3 is 5.32 Å². The molecule has 0 saturated carbocycles. The Balaban J connectivity index is 1.87. The molecule has 3 heteroatoms. The number of rotatable bonds is 4. The Labute approximate surface area is 109 Å². The number of piperidine rings is 1. The fraction of sp³-hybridized carbons (Fsp3) is 0.714. The van der Waals surface area contributed by atoms with Crippen molar-refractivity contribution in [3.63, 3.8) is 0 Å². The summed E-state index contributed by atoms with van der Waals surface area (Å²) >= 11 is 1.85. The molecule has 1 aromatic rings. The zero-order valence-electron chi connectivity index (χ0n) is 11.2. The second kappa shape index (κ2) is 5.51. The maximum Gasteiger partial charge on any atom is 0.0325 e. The zero-order valence-corrected chi connectivity index (χ0v) is 12.0. The van der Waals surface area contributed by atoms with Gasteiger partial charge in [0.15, 0.2) is 0 Å². The van der Waals surface area contributed by atoms with E-state index >= 15 is 0 Å². The van der Waals surface area contributed by atoms with Gasteiger partial charge in [-0.2, -0.15) is 0 Å². The van der Waals surface area contributed by atoms with Crippen LogP contribution in [0.2, 0.25) is 0 Å². The third-order valence-corrected chi connectivity index (χ3v) is 4.69. The Morgan fingerprint density at radius 2 is 2.35 bits per heavy atom. The Bertz CT molecular complexity index is 332. The van der Waals surface area contributed by atoms with E-state index in [0.29, 0.717) is 11.5 Å². The summed E-state index contributed by atoms with van der Waals surface area (Å²) in [5, 5.41) is 5.84. The van der Waals surface area contributed by atoms with E-state index in [9.17, 15) is 0 Å². The molecule has 0 aromatic carbocycles. The van der Waals surface area contributed by atoms with Crippen LogP contribution in [0.4, 0.5) is 0 Å². The Morgan fingerprint density at radius 1 is 1.53 bits per heavy atom. The molecular weight excluding hydrogens is 228 g/mol. The number of likely N-dealkylation sites (N-methyl/N-ethyl adjacent to an activating group) is 1. The smallest absolute Gasteiger partial charge is 0.0325 e. The SMILES string of the molecule is CN(Cc1cccs1)CC1NCCCC1(C)C. The van der Waals surface area contributed by atoms with Crippen LogP contribution < -0.4 is 5.32 Å². The molecule has 1 aliphatic rings. The first-order chi connectivity index (χ1) is 8.08. The molecule has 0 spiro atoms. The molecule has 1 atom stereocenters. The number of nitrogens with zero attached hydrogens (tertiary/aromatic N) is 1. The molecule has 0 aliphatic carbocycles. The molecule has 0 radical (unpaired) electrons. The summed E-state index contributed by atoms with van der Waals surface area (Å²) in [5.41, 5.74) is 0.432. The van der Waals surface area contributed by atoms with Crippen molar-refractivity contribution < 1.29 is 0 Å². The van der Waals surface area contributed by atoms with Crippen LogP contribution in [0.5, 0.6) is 0 Å². The van der Waals surface area contributed by atoms with Gasteiger partial charge in [0, 0.05) is 24.0 Å². The summed E-state index contributed by atoms with van der Waals surface area (Å²) in [4.78, 5) is 3.90. The van der Waals surface area contributed by atoms with Gasteiger partial charge in [-0.3, -0.25) is 4.90 Å². The van der Waals surface area contributed by atoms with Crippen molar-refractivity contribution in [1.82, 2.24) is 10.2 Å². The van der Waals surface area contributed by atoms with Gasteiger partial charge in [-0.15, -0.1) is 11.3 Å². The van der Waals surface area contributed by atoms with Crippen LogP contribution in [0.15, 0.2) is 17.5 Å². The number of nitrogens with one attached hydrogen (secondary N) is 1. The van der Waals surface area contributed by atoms with Gasteiger partial charge in [0.1, 0.15) is 0 Å². The highest BCUT2D eigenvalue weighted by Crippen LogP contribution is 2.30. The topological polar surface area (TPSA) is 15.3 Å². The largest absolute Gasteiger partial charge is 0.312 e. The highest BCUT2D eigenvalue weighted by Gasteiger charge is 2.32. The summed E-state index contributed by atoms with van der Waals surface area (Å²) in [6.07, 6.45) is 2.66. The van der Waals surface area contributed by atoms with Crippen LogP contribution in [0.1, 0.15) is 31.6 Å². The van der Waals surface area contributed by atoms with Crippen molar-refractivity contribution in [2.75, 3.05) is 20.1 Å². The maximum absolute atomic E-state index is 3.68. The first-order valence-corrected chi connectivity index (χ1v) is 7.40. The van der Waals surface area contributed by atoms with Crippen LogP contribution in [0.25, 0.3) is 0 Å². The van der Waals surface area contributed by atoms with Gasteiger partial charge in [-0.1, -0.05) is 19.9 Å². The lowest BCUT2D eigenvalue weighted by Gasteiger charge is -2.41. The van der Waals surface area contributed by atoms with Crippen molar-refractivity contribution >= 4 is 11.3 Å². The average molecular weight is 252 g/mol. The van der Waals surface area contributed by atoms with Gasteiger partial charge in [0.25, 0.3) is 0 Å².